The maximum Gasteiger partial charge on any atom is 0.314 e. The van der Waals surface area contributed by atoms with E-state index in [0.29, 0.717) is 13.0 Å². The van der Waals surface area contributed by atoms with E-state index in [2.05, 4.69) is 11.8 Å². The number of benzene rings is 1. The Morgan fingerprint density at radius 3 is 2.56 bits per heavy atom. The second-order valence-electron chi connectivity index (χ2n) is 3.84. The summed E-state index contributed by atoms with van der Waals surface area (Å²) in [6.45, 7) is 3.90. The molecule has 0 aliphatic rings. The molecule has 0 spiro atoms. The third-order valence-electron chi connectivity index (χ3n) is 2.62. The molecule has 1 N–H and O–H groups in total. The molecule has 0 aliphatic heterocycles. The third-order valence-corrected chi connectivity index (χ3v) is 2.62. The molecule has 3 heteroatoms. The normalized spacial score (nSPS) is 11.3. The van der Waals surface area contributed by atoms with Gasteiger partial charge in [0.15, 0.2) is 0 Å². The summed E-state index contributed by atoms with van der Waals surface area (Å²) in [5, 5.41) is 8.99. The van der Waals surface area contributed by atoms with Crippen LogP contribution in [0.3, 0.4) is 0 Å². The van der Waals surface area contributed by atoms with Crippen LogP contribution in [-0.4, -0.2) is 17.7 Å². The van der Waals surface area contributed by atoms with Gasteiger partial charge in [0.05, 0.1) is 19.1 Å². The van der Waals surface area contributed by atoms with Crippen LogP contribution in [0, 0.1) is 11.8 Å². The first-order valence-corrected chi connectivity index (χ1v) is 5.98. The van der Waals surface area contributed by atoms with Gasteiger partial charge in [-0.15, -0.1) is 11.8 Å². The summed E-state index contributed by atoms with van der Waals surface area (Å²) >= 11 is 0. The number of carbonyl (C=O) groups is 1. The average Bonchev–Trinajstić information content (AvgIpc) is 2.40. The Kier molecular flexibility index (Phi) is 5.96. The standard InChI is InChI=1S/C15H18O3/c1-3-5-6-14(15(17)18-4-2)13-9-7-12(11-16)8-10-13/h7-10,14,16H,4,6,11H2,1-2H3. The van der Waals surface area contributed by atoms with Gasteiger partial charge in [-0.1, -0.05) is 24.3 Å². The van der Waals surface area contributed by atoms with E-state index in [0.717, 1.165) is 11.1 Å². The second kappa shape index (κ2) is 7.52. The Morgan fingerprint density at radius 2 is 2.06 bits per heavy atom. The molecule has 0 radical (unpaired) electrons. The molecule has 0 heterocycles. The van der Waals surface area contributed by atoms with E-state index in [1.54, 1.807) is 26.0 Å². The van der Waals surface area contributed by atoms with Gasteiger partial charge in [-0.25, -0.2) is 0 Å². The molecule has 1 rings (SSSR count). The highest BCUT2D eigenvalue weighted by Gasteiger charge is 2.20. The van der Waals surface area contributed by atoms with Gasteiger partial charge in [-0.2, -0.15) is 0 Å². The van der Waals surface area contributed by atoms with E-state index in [1.807, 2.05) is 12.1 Å². The highest BCUT2D eigenvalue weighted by molar-refractivity contribution is 5.78. The molecule has 1 aromatic carbocycles. The summed E-state index contributed by atoms with van der Waals surface area (Å²) in [5.74, 6) is 5.10. The Hall–Kier alpha value is -1.79. The van der Waals surface area contributed by atoms with Crippen LogP contribution in [0.15, 0.2) is 24.3 Å². The molecule has 1 unspecified atom stereocenters. The number of aliphatic hydroxyl groups is 1. The van der Waals surface area contributed by atoms with Crippen molar-refractivity contribution in [2.75, 3.05) is 6.61 Å². The van der Waals surface area contributed by atoms with Crippen LogP contribution >= 0.6 is 0 Å². The minimum Gasteiger partial charge on any atom is -0.465 e. The molecule has 1 aromatic rings. The highest BCUT2D eigenvalue weighted by atomic mass is 16.5. The summed E-state index contributed by atoms with van der Waals surface area (Å²) in [6.07, 6.45) is 0.452. The van der Waals surface area contributed by atoms with Crippen molar-refractivity contribution in [3.63, 3.8) is 0 Å². The maximum absolute atomic E-state index is 11.9. The lowest BCUT2D eigenvalue weighted by atomic mass is 9.95. The molecular weight excluding hydrogens is 228 g/mol. The van der Waals surface area contributed by atoms with Gasteiger partial charge < -0.3 is 9.84 Å². The lowest BCUT2D eigenvalue weighted by Crippen LogP contribution is -2.15. The minimum atomic E-state index is -0.356. The summed E-state index contributed by atoms with van der Waals surface area (Å²) in [6, 6.07) is 7.29. The molecular formula is C15H18O3. The molecule has 0 fully saturated rings. The molecule has 0 aromatic heterocycles. The maximum atomic E-state index is 11.9. The van der Waals surface area contributed by atoms with Crippen molar-refractivity contribution in [3.8, 4) is 11.8 Å². The number of aliphatic hydroxyl groups excluding tert-OH is 1. The van der Waals surface area contributed by atoms with E-state index in [1.165, 1.54) is 0 Å². The average molecular weight is 246 g/mol. The fourth-order valence-corrected chi connectivity index (χ4v) is 1.64. The van der Waals surface area contributed by atoms with Crippen molar-refractivity contribution in [2.45, 2.75) is 32.8 Å². The van der Waals surface area contributed by atoms with Crippen LogP contribution < -0.4 is 0 Å². The molecule has 0 saturated heterocycles. The molecule has 0 amide bonds. The lowest BCUT2D eigenvalue weighted by Gasteiger charge is -2.13. The molecule has 0 saturated carbocycles. The first-order chi connectivity index (χ1) is 8.72. The van der Waals surface area contributed by atoms with E-state index in [-0.39, 0.29) is 18.5 Å². The lowest BCUT2D eigenvalue weighted by molar-refractivity contribution is -0.144. The zero-order valence-electron chi connectivity index (χ0n) is 10.8. The Labute approximate surface area is 108 Å². The third kappa shape index (κ3) is 3.90. The molecule has 96 valence electrons. The smallest absolute Gasteiger partial charge is 0.314 e. The van der Waals surface area contributed by atoms with Crippen molar-refractivity contribution >= 4 is 5.97 Å². The number of esters is 1. The van der Waals surface area contributed by atoms with Crippen LogP contribution in [0.1, 0.15) is 37.3 Å². The predicted molar refractivity (Wildman–Crippen MR) is 69.8 cm³/mol. The van der Waals surface area contributed by atoms with Gasteiger partial charge in [0.25, 0.3) is 0 Å². The second-order valence-corrected chi connectivity index (χ2v) is 3.84. The molecule has 0 aliphatic carbocycles. The van der Waals surface area contributed by atoms with Crippen LogP contribution in [0.25, 0.3) is 0 Å². The van der Waals surface area contributed by atoms with Crippen molar-refractivity contribution in [1.82, 2.24) is 0 Å². The summed E-state index contributed by atoms with van der Waals surface area (Å²) in [4.78, 5) is 11.9. The highest BCUT2D eigenvalue weighted by Crippen LogP contribution is 2.21. The fourth-order valence-electron chi connectivity index (χ4n) is 1.64. The molecule has 3 nitrogen and oxygen atoms in total. The molecule has 1 atom stereocenters. The number of ether oxygens (including phenoxy) is 1. The minimum absolute atomic E-state index is 0.000874. The first-order valence-electron chi connectivity index (χ1n) is 5.98. The van der Waals surface area contributed by atoms with E-state index in [4.69, 9.17) is 9.84 Å². The van der Waals surface area contributed by atoms with Gasteiger partial charge >= 0.3 is 5.97 Å². The Bertz CT molecular complexity index is 437. The number of rotatable bonds is 5. The quantitative estimate of drug-likeness (QED) is 0.640. The summed E-state index contributed by atoms with van der Waals surface area (Å²) in [7, 11) is 0. The van der Waals surface area contributed by atoms with Gasteiger partial charge in [0, 0.05) is 6.42 Å². The van der Waals surface area contributed by atoms with Crippen LogP contribution in [0.5, 0.6) is 0 Å². The Balaban J connectivity index is 2.91. The van der Waals surface area contributed by atoms with Crippen molar-refractivity contribution in [1.29, 1.82) is 0 Å². The summed E-state index contributed by atoms with van der Waals surface area (Å²) in [5.41, 5.74) is 1.69. The first kappa shape index (κ1) is 14.3. The van der Waals surface area contributed by atoms with Gasteiger partial charge in [0.2, 0.25) is 0 Å². The van der Waals surface area contributed by atoms with Crippen molar-refractivity contribution < 1.29 is 14.6 Å². The van der Waals surface area contributed by atoms with Crippen LogP contribution in [0.4, 0.5) is 0 Å². The van der Waals surface area contributed by atoms with E-state index < -0.39 is 0 Å². The molecule has 0 bridgehead atoms. The zero-order valence-corrected chi connectivity index (χ0v) is 10.8. The van der Waals surface area contributed by atoms with Gasteiger partial charge in [-0.05, 0) is 25.0 Å². The Morgan fingerprint density at radius 1 is 1.39 bits per heavy atom. The van der Waals surface area contributed by atoms with Gasteiger partial charge in [0.1, 0.15) is 0 Å². The molecule has 18 heavy (non-hydrogen) atoms. The van der Waals surface area contributed by atoms with E-state index >= 15 is 0 Å². The summed E-state index contributed by atoms with van der Waals surface area (Å²) < 4.78 is 5.06. The number of carbonyl (C=O) groups excluding carboxylic acids is 1. The topological polar surface area (TPSA) is 46.5 Å². The van der Waals surface area contributed by atoms with Crippen molar-refractivity contribution in [2.24, 2.45) is 0 Å². The predicted octanol–water partition coefficient (Wildman–Crippen LogP) is 2.24. The van der Waals surface area contributed by atoms with Gasteiger partial charge in [-0.3, -0.25) is 4.79 Å². The largest absolute Gasteiger partial charge is 0.465 e. The number of hydrogen-bond acceptors (Lipinski definition) is 3. The van der Waals surface area contributed by atoms with Crippen LogP contribution in [0.2, 0.25) is 0 Å². The fraction of sp³-hybridized carbons (Fsp3) is 0.400. The zero-order chi connectivity index (χ0) is 13.4. The monoisotopic (exact) mass is 246 g/mol. The SMILES string of the molecule is CC#CCC(C(=O)OCC)c1ccc(CO)cc1. The number of hydrogen-bond donors (Lipinski definition) is 1. The van der Waals surface area contributed by atoms with E-state index in [9.17, 15) is 4.79 Å². The van der Waals surface area contributed by atoms with Crippen molar-refractivity contribution in [3.05, 3.63) is 35.4 Å². The van der Waals surface area contributed by atoms with Crippen LogP contribution in [-0.2, 0) is 16.1 Å².